The summed E-state index contributed by atoms with van der Waals surface area (Å²) in [7, 11) is 0. The van der Waals surface area contributed by atoms with E-state index in [0.29, 0.717) is 22.4 Å². The highest BCUT2D eigenvalue weighted by atomic mass is 32.2. The van der Waals surface area contributed by atoms with Crippen LogP contribution in [-0.4, -0.2) is 51.9 Å². The Balaban J connectivity index is 2.01. The standard InChI is InChI=1S/C13H19N3O2S2/c1-3-4-9(2)12(18)16-8-19-7-10(16)11(17)15-13-14-5-6-20-13/h4,10H,3,5-8H2,1-2H3,(H,14,15,17)/b9-4+. The number of aliphatic imine (C=N–C) groups is 1. The summed E-state index contributed by atoms with van der Waals surface area (Å²) >= 11 is 3.16. The van der Waals surface area contributed by atoms with Crippen molar-refractivity contribution in [1.29, 1.82) is 0 Å². The van der Waals surface area contributed by atoms with Crippen molar-refractivity contribution in [2.45, 2.75) is 26.3 Å². The Bertz CT molecular complexity index is 463. The maximum absolute atomic E-state index is 12.3. The molecule has 0 aliphatic carbocycles. The largest absolute Gasteiger partial charge is 0.317 e. The van der Waals surface area contributed by atoms with Crippen LogP contribution in [0, 0.1) is 0 Å². The van der Waals surface area contributed by atoms with Crippen molar-refractivity contribution >= 4 is 40.5 Å². The lowest BCUT2D eigenvalue weighted by Gasteiger charge is -2.23. The minimum Gasteiger partial charge on any atom is -0.317 e. The van der Waals surface area contributed by atoms with E-state index in [1.165, 1.54) is 0 Å². The molecule has 0 bridgehead atoms. The van der Waals surface area contributed by atoms with Gasteiger partial charge in [0.2, 0.25) is 5.91 Å². The summed E-state index contributed by atoms with van der Waals surface area (Å²) in [5, 5.41) is 3.50. The zero-order valence-electron chi connectivity index (χ0n) is 11.7. The molecule has 20 heavy (non-hydrogen) atoms. The number of carbonyl (C=O) groups is 2. The second-order valence-electron chi connectivity index (χ2n) is 4.61. The summed E-state index contributed by atoms with van der Waals surface area (Å²) in [6, 6.07) is -0.392. The van der Waals surface area contributed by atoms with E-state index >= 15 is 0 Å². The lowest BCUT2D eigenvalue weighted by molar-refractivity contribution is -0.134. The van der Waals surface area contributed by atoms with Crippen LogP contribution in [-0.2, 0) is 9.59 Å². The smallest absolute Gasteiger partial charge is 0.250 e. The molecule has 0 radical (unpaired) electrons. The summed E-state index contributed by atoms with van der Waals surface area (Å²) in [6.45, 7) is 4.55. The average Bonchev–Trinajstić information content (AvgIpc) is 3.08. The van der Waals surface area contributed by atoms with Crippen molar-refractivity contribution in [1.82, 2.24) is 10.2 Å². The summed E-state index contributed by atoms with van der Waals surface area (Å²) < 4.78 is 0. The molecule has 2 amide bonds. The van der Waals surface area contributed by atoms with E-state index in [0.717, 1.165) is 18.7 Å². The van der Waals surface area contributed by atoms with Crippen LogP contribution in [0.3, 0.4) is 0 Å². The first-order valence-corrected chi connectivity index (χ1v) is 8.81. The fourth-order valence-corrected chi connectivity index (χ4v) is 3.96. The van der Waals surface area contributed by atoms with Crippen molar-refractivity contribution in [2.75, 3.05) is 23.9 Å². The fourth-order valence-electron chi connectivity index (χ4n) is 2.08. The number of nitrogens with zero attached hydrogens (tertiary/aromatic N) is 2. The second-order valence-corrected chi connectivity index (χ2v) is 6.69. The van der Waals surface area contributed by atoms with Gasteiger partial charge in [-0.05, 0) is 13.3 Å². The lowest BCUT2D eigenvalue weighted by Crippen LogP contribution is -2.48. The Kier molecular flexibility index (Phi) is 5.54. The summed E-state index contributed by atoms with van der Waals surface area (Å²) in [5.74, 6) is 1.97. The number of carbonyl (C=O) groups excluding carboxylic acids is 2. The number of amidine groups is 1. The molecule has 2 rings (SSSR count). The first-order valence-electron chi connectivity index (χ1n) is 6.67. The SMILES string of the molecule is CC/C=C(\C)C(=O)N1CSCC1C(=O)NC1=NCCS1. The highest BCUT2D eigenvalue weighted by Crippen LogP contribution is 2.23. The van der Waals surface area contributed by atoms with Gasteiger partial charge in [-0.3, -0.25) is 14.6 Å². The molecule has 110 valence electrons. The normalized spacial score (nSPS) is 22.9. The van der Waals surface area contributed by atoms with E-state index in [9.17, 15) is 9.59 Å². The van der Waals surface area contributed by atoms with Gasteiger partial charge in [0.15, 0.2) is 5.17 Å². The number of thioether (sulfide) groups is 2. The van der Waals surface area contributed by atoms with E-state index < -0.39 is 6.04 Å². The topological polar surface area (TPSA) is 61.8 Å². The second kappa shape index (κ2) is 7.17. The van der Waals surface area contributed by atoms with Crippen LogP contribution in [0.25, 0.3) is 0 Å². The Morgan fingerprint density at radius 3 is 3.00 bits per heavy atom. The van der Waals surface area contributed by atoms with Gasteiger partial charge >= 0.3 is 0 Å². The molecule has 0 aromatic rings. The predicted octanol–water partition coefficient (Wildman–Crippen LogP) is 1.46. The molecule has 0 saturated carbocycles. The number of amides is 2. The maximum Gasteiger partial charge on any atom is 0.250 e. The predicted molar refractivity (Wildman–Crippen MR) is 84.9 cm³/mol. The van der Waals surface area contributed by atoms with Crippen LogP contribution in [0.15, 0.2) is 16.6 Å². The highest BCUT2D eigenvalue weighted by Gasteiger charge is 2.35. The molecule has 0 aromatic heterocycles. The van der Waals surface area contributed by atoms with Crippen LogP contribution in [0.2, 0.25) is 0 Å². The third-order valence-corrected chi connectivity index (χ3v) is 5.01. The molecule has 1 fully saturated rings. The highest BCUT2D eigenvalue weighted by molar-refractivity contribution is 8.14. The molecule has 1 atom stereocenters. The Morgan fingerprint density at radius 2 is 2.35 bits per heavy atom. The molecule has 7 heteroatoms. The van der Waals surface area contributed by atoms with Gasteiger partial charge < -0.3 is 10.2 Å². The van der Waals surface area contributed by atoms with E-state index in [1.807, 2.05) is 13.0 Å². The van der Waals surface area contributed by atoms with Crippen LogP contribution in [0.5, 0.6) is 0 Å². The van der Waals surface area contributed by atoms with Crippen molar-refractivity contribution < 1.29 is 9.59 Å². The van der Waals surface area contributed by atoms with Gasteiger partial charge in [-0.2, -0.15) is 0 Å². The number of hydrogen-bond acceptors (Lipinski definition) is 5. The van der Waals surface area contributed by atoms with Gasteiger partial charge in [-0.15, -0.1) is 11.8 Å². The first-order chi connectivity index (χ1) is 9.63. The molecule has 5 nitrogen and oxygen atoms in total. The maximum atomic E-state index is 12.3. The minimum atomic E-state index is -0.392. The molecule has 1 unspecified atom stereocenters. The van der Waals surface area contributed by atoms with Gasteiger partial charge in [0.05, 0.1) is 12.4 Å². The van der Waals surface area contributed by atoms with Gasteiger partial charge in [0, 0.05) is 17.1 Å². The molecule has 2 heterocycles. The Morgan fingerprint density at radius 1 is 1.55 bits per heavy atom. The third kappa shape index (κ3) is 3.58. The van der Waals surface area contributed by atoms with Gasteiger partial charge in [0.1, 0.15) is 6.04 Å². The molecule has 2 aliphatic heterocycles. The Hall–Kier alpha value is -0.950. The summed E-state index contributed by atoms with van der Waals surface area (Å²) in [5.41, 5.74) is 0.709. The molecule has 0 aromatic carbocycles. The van der Waals surface area contributed by atoms with Crippen molar-refractivity contribution in [3.63, 3.8) is 0 Å². The van der Waals surface area contributed by atoms with E-state index in [1.54, 1.807) is 35.3 Å². The number of rotatable bonds is 3. The zero-order chi connectivity index (χ0) is 14.5. The Labute approximate surface area is 127 Å². The number of allylic oxidation sites excluding steroid dienone is 1. The number of hydrogen-bond donors (Lipinski definition) is 1. The molecule has 0 spiro atoms. The summed E-state index contributed by atoms with van der Waals surface area (Å²) in [6.07, 6.45) is 2.72. The van der Waals surface area contributed by atoms with Crippen molar-refractivity contribution in [3.05, 3.63) is 11.6 Å². The minimum absolute atomic E-state index is 0.0435. The molecule has 1 N–H and O–H groups in total. The molecule has 1 saturated heterocycles. The van der Waals surface area contributed by atoms with E-state index in [-0.39, 0.29) is 11.8 Å². The van der Waals surface area contributed by atoms with Gasteiger partial charge in [0.25, 0.3) is 5.91 Å². The van der Waals surface area contributed by atoms with E-state index in [4.69, 9.17) is 0 Å². The van der Waals surface area contributed by atoms with Crippen LogP contribution in [0.1, 0.15) is 20.3 Å². The third-order valence-electron chi connectivity index (χ3n) is 3.11. The molecular formula is C13H19N3O2S2. The van der Waals surface area contributed by atoms with Crippen LogP contribution in [0.4, 0.5) is 0 Å². The number of nitrogens with one attached hydrogen (secondary N) is 1. The van der Waals surface area contributed by atoms with Crippen molar-refractivity contribution in [2.24, 2.45) is 4.99 Å². The van der Waals surface area contributed by atoms with Crippen LogP contribution >= 0.6 is 23.5 Å². The lowest BCUT2D eigenvalue weighted by atomic mass is 10.2. The molecular weight excluding hydrogens is 294 g/mol. The van der Waals surface area contributed by atoms with E-state index in [2.05, 4.69) is 10.3 Å². The van der Waals surface area contributed by atoms with Gasteiger partial charge in [-0.1, -0.05) is 24.8 Å². The average molecular weight is 313 g/mol. The zero-order valence-corrected chi connectivity index (χ0v) is 13.4. The monoisotopic (exact) mass is 313 g/mol. The first kappa shape index (κ1) is 15.4. The van der Waals surface area contributed by atoms with Crippen molar-refractivity contribution in [3.8, 4) is 0 Å². The fraction of sp³-hybridized carbons (Fsp3) is 0.615. The van der Waals surface area contributed by atoms with Gasteiger partial charge in [-0.25, -0.2) is 0 Å². The van der Waals surface area contributed by atoms with Crippen LogP contribution < -0.4 is 5.32 Å². The molecule has 2 aliphatic rings. The summed E-state index contributed by atoms with van der Waals surface area (Å²) in [4.78, 5) is 30.4. The quantitative estimate of drug-likeness (QED) is 0.801.